The van der Waals surface area contributed by atoms with Crippen LogP contribution in [0.4, 0.5) is 0 Å². The molecule has 0 saturated heterocycles. The summed E-state index contributed by atoms with van der Waals surface area (Å²) in [6, 6.07) is 9.51. The molecule has 3 aromatic rings. The van der Waals surface area contributed by atoms with Crippen LogP contribution < -0.4 is 5.56 Å². The Bertz CT molecular complexity index is 1020. The van der Waals surface area contributed by atoms with Gasteiger partial charge in [0.05, 0.1) is 5.39 Å². The van der Waals surface area contributed by atoms with Crippen LogP contribution in [-0.2, 0) is 35.5 Å². The Morgan fingerprint density at radius 1 is 1.23 bits per heavy atom. The molecular weight excluding hydrogens is 348 g/mol. The fourth-order valence-corrected chi connectivity index (χ4v) is 4.74. The third kappa shape index (κ3) is 3.17. The van der Waals surface area contributed by atoms with Gasteiger partial charge in [-0.3, -0.25) is 14.2 Å². The molecule has 0 unspecified atom stereocenters. The minimum absolute atomic E-state index is 0.106. The van der Waals surface area contributed by atoms with E-state index in [0.29, 0.717) is 11.2 Å². The van der Waals surface area contributed by atoms with Gasteiger partial charge in [0.1, 0.15) is 23.8 Å². The maximum Gasteiger partial charge on any atom is 0.326 e. The van der Waals surface area contributed by atoms with E-state index in [1.54, 1.807) is 18.3 Å². The zero-order valence-corrected chi connectivity index (χ0v) is 15.5. The van der Waals surface area contributed by atoms with Crippen LogP contribution in [0.2, 0.25) is 0 Å². The first-order valence-corrected chi connectivity index (χ1v) is 9.66. The van der Waals surface area contributed by atoms with Crippen LogP contribution in [-0.4, -0.2) is 15.5 Å². The number of hydrogen-bond acceptors (Lipinski definition) is 5. The van der Waals surface area contributed by atoms with E-state index in [9.17, 15) is 9.59 Å². The predicted octanol–water partition coefficient (Wildman–Crippen LogP) is 3.39. The first-order valence-electron chi connectivity index (χ1n) is 8.84. The third-order valence-corrected chi connectivity index (χ3v) is 5.98. The molecule has 0 atom stereocenters. The number of hydrogen-bond donors (Lipinski definition) is 0. The second-order valence-corrected chi connectivity index (χ2v) is 7.67. The van der Waals surface area contributed by atoms with Gasteiger partial charge >= 0.3 is 5.97 Å². The number of aromatic nitrogens is 2. The number of ether oxygens (including phenoxy) is 1. The van der Waals surface area contributed by atoms with Gasteiger partial charge in [0, 0.05) is 4.88 Å². The lowest BCUT2D eigenvalue weighted by atomic mass is 9.97. The second-order valence-electron chi connectivity index (χ2n) is 6.59. The van der Waals surface area contributed by atoms with Crippen molar-refractivity contribution >= 4 is 27.5 Å². The fourth-order valence-electron chi connectivity index (χ4n) is 3.44. The van der Waals surface area contributed by atoms with Crippen molar-refractivity contribution < 1.29 is 9.53 Å². The van der Waals surface area contributed by atoms with Crippen molar-refractivity contribution in [2.24, 2.45) is 0 Å². The van der Waals surface area contributed by atoms with Crippen molar-refractivity contribution in [2.75, 3.05) is 0 Å². The van der Waals surface area contributed by atoms with Gasteiger partial charge in [-0.25, -0.2) is 4.98 Å². The molecule has 1 aliphatic carbocycles. The molecule has 5 nitrogen and oxygen atoms in total. The minimum atomic E-state index is -0.427. The first-order chi connectivity index (χ1) is 12.6. The SMILES string of the molecule is Cc1nc2sc3c(c2c(=O)n1CC(=O)OCc1ccccc1)CCCC3. The summed E-state index contributed by atoms with van der Waals surface area (Å²) in [5, 5.41) is 0.700. The number of rotatable bonds is 4. The quantitative estimate of drug-likeness (QED) is 0.662. The Labute approximate surface area is 155 Å². The highest BCUT2D eigenvalue weighted by Crippen LogP contribution is 2.33. The fraction of sp³-hybridized carbons (Fsp3) is 0.350. The highest BCUT2D eigenvalue weighted by Gasteiger charge is 2.22. The standard InChI is InChI=1S/C20H20N2O3S/c1-13-21-19-18(15-9-5-6-10-16(15)26-19)20(24)22(13)11-17(23)25-12-14-7-3-2-4-8-14/h2-4,7-8H,5-6,9-12H2,1H3. The number of benzene rings is 1. The van der Waals surface area contributed by atoms with Gasteiger partial charge in [-0.15, -0.1) is 11.3 Å². The molecule has 134 valence electrons. The van der Waals surface area contributed by atoms with E-state index in [4.69, 9.17) is 4.74 Å². The van der Waals surface area contributed by atoms with E-state index in [2.05, 4.69) is 4.98 Å². The van der Waals surface area contributed by atoms with Crippen LogP contribution in [0.1, 0.15) is 34.7 Å². The van der Waals surface area contributed by atoms with Gasteiger partial charge < -0.3 is 4.74 Å². The van der Waals surface area contributed by atoms with E-state index < -0.39 is 5.97 Å². The van der Waals surface area contributed by atoms with Gasteiger partial charge in [0.2, 0.25) is 0 Å². The average molecular weight is 368 g/mol. The van der Waals surface area contributed by atoms with E-state index >= 15 is 0 Å². The number of esters is 1. The number of thiophene rings is 1. The van der Waals surface area contributed by atoms with Gasteiger partial charge in [0.15, 0.2) is 0 Å². The van der Waals surface area contributed by atoms with Crippen LogP contribution >= 0.6 is 11.3 Å². The van der Waals surface area contributed by atoms with Crippen molar-refractivity contribution in [3.8, 4) is 0 Å². The predicted molar refractivity (Wildman–Crippen MR) is 101 cm³/mol. The van der Waals surface area contributed by atoms with Crippen LogP contribution in [0.3, 0.4) is 0 Å². The summed E-state index contributed by atoms with van der Waals surface area (Å²) >= 11 is 1.62. The molecule has 0 fully saturated rings. The Kier molecular flexibility index (Phi) is 4.59. The lowest BCUT2D eigenvalue weighted by molar-refractivity contribution is -0.145. The highest BCUT2D eigenvalue weighted by molar-refractivity contribution is 7.18. The van der Waals surface area contributed by atoms with Crippen molar-refractivity contribution in [1.29, 1.82) is 0 Å². The molecule has 0 radical (unpaired) electrons. The Hall–Kier alpha value is -2.47. The Morgan fingerprint density at radius 3 is 2.81 bits per heavy atom. The molecule has 0 N–H and O–H groups in total. The van der Waals surface area contributed by atoms with Crippen molar-refractivity contribution in [2.45, 2.75) is 45.8 Å². The van der Waals surface area contributed by atoms with Gasteiger partial charge in [0.25, 0.3) is 5.56 Å². The zero-order chi connectivity index (χ0) is 18.1. The van der Waals surface area contributed by atoms with Gasteiger partial charge in [-0.1, -0.05) is 30.3 Å². The largest absolute Gasteiger partial charge is 0.459 e. The molecule has 0 aliphatic heterocycles. The zero-order valence-electron chi connectivity index (χ0n) is 14.7. The van der Waals surface area contributed by atoms with Crippen molar-refractivity contribution in [3.63, 3.8) is 0 Å². The molecule has 0 amide bonds. The molecular formula is C20H20N2O3S. The summed E-state index contributed by atoms with van der Waals surface area (Å²) < 4.78 is 6.77. The monoisotopic (exact) mass is 368 g/mol. The smallest absolute Gasteiger partial charge is 0.326 e. The van der Waals surface area contributed by atoms with Crippen LogP contribution in [0, 0.1) is 6.92 Å². The van der Waals surface area contributed by atoms with E-state index in [1.165, 1.54) is 15.9 Å². The lowest BCUT2D eigenvalue weighted by Crippen LogP contribution is -2.28. The molecule has 1 aromatic carbocycles. The number of fused-ring (bicyclic) bond motifs is 3. The number of aryl methyl sites for hydroxylation is 3. The molecule has 2 aromatic heterocycles. The maximum absolute atomic E-state index is 13.0. The van der Waals surface area contributed by atoms with Crippen molar-refractivity contribution in [3.05, 3.63) is 62.5 Å². The van der Waals surface area contributed by atoms with E-state index in [1.807, 2.05) is 30.3 Å². The molecule has 1 aliphatic rings. The summed E-state index contributed by atoms with van der Waals surface area (Å²) in [7, 11) is 0. The normalized spacial score (nSPS) is 13.6. The molecule has 0 bridgehead atoms. The van der Waals surface area contributed by atoms with Gasteiger partial charge in [-0.05, 0) is 43.7 Å². The second kappa shape index (κ2) is 7.03. The molecule has 0 spiro atoms. The summed E-state index contributed by atoms with van der Waals surface area (Å²) in [6.07, 6.45) is 4.21. The van der Waals surface area contributed by atoms with Gasteiger partial charge in [-0.2, -0.15) is 0 Å². The molecule has 6 heteroatoms. The van der Waals surface area contributed by atoms with Crippen LogP contribution in [0.15, 0.2) is 35.1 Å². The Morgan fingerprint density at radius 2 is 2.00 bits per heavy atom. The van der Waals surface area contributed by atoms with Crippen LogP contribution in [0.5, 0.6) is 0 Å². The maximum atomic E-state index is 13.0. The Balaban J connectivity index is 1.60. The summed E-state index contributed by atoms with van der Waals surface area (Å²) in [4.78, 5) is 31.9. The summed E-state index contributed by atoms with van der Waals surface area (Å²) in [6.45, 7) is 1.87. The number of nitrogens with zero attached hydrogens (tertiary/aromatic N) is 2. The first kappa shape index (κ1) is 17.0. The highest BCUT2D eigenvalue weighted by atomic mass is 32.1. The average Bonchev–Trinajstić information content (AvgIpc) is 3.02. The topological polar surface area (TPSA) is 61.2 Å². The minimum Gasteiger partial charge on any atom is -0.459 e. The molecule has 4 rings (SSSR count). The molecule has 0 saturated carbocycles. The lowest BCUT2D eigenvalue weighted by Gasteiger charge is -2.12. The number of carbonyl (C=O) groups excluding carboxylic acids is 1. The summed E-state index contributed by atoms with van der Waals surface area (Å²) in [5.74, 6) is 0.127. The third-order valence-electron chi connectivity index (χ3n) is 4.80. The van der Waals surface area contributed by atoms with E-state index in [-0.39, 0.29) is 18.7 Å². The van der Waals surface area contributed by atoms with Crippen LogP contribution in [0.25, 0.3) is 10.2 Å². The molecule has 26 heavy (non-hydrogen) atoms. The van der Waals surface area contributed by atoms with Crippen molar-refractivity contribution in [1.82, 2.24) is 9.55 Å². The number of carbonyl (C=O) groups is 1. The van der Waals surface area contributed by atoms with E-state index in [0.717, 1.165) is 35.2 Å². The summed E-state index contributed by atoms with van der Waals surface area (Å²) in [5.41, 5.74) is 1.94. The molecule has 2 heterocycles.